The third-order valence-corrected chi connectivity index (χ3v) is 2.38. The van der Waals surface area contributed by atoms with Gasteiger partial charge in [0.2, 0.25) is 0 Å². The van der Waals surface area contributed by atoms with Crippen LogP contribution in [0.5, 0.6) is 0 Å². The summed E-state index contributed by atoms with van der Waals surface area (Å²) in [7, 11) is 0. The molecule has 16 heavy (non-hydrogen) atoms. The summed E-state index contributed by atoms with van der Waals surface area (Å²) in [6, 6.07) is 7.57. The van der Waals surface area contributed by atoms with Crippen molar-refractivity contribution in [3.8, 4) is 0 Å². The van der Waals surface area contributed by atoms with Crippen molar-refractivity contribution >= 4 is 0 Å². The van der Waals surface area contributed by atoms with E-state index in [-0.39, 0.29) is 13.2 Å². The predicted octanol–water partition coefficient (Wildman–Crippen LogP) is 0.0118. The Kier molecular flexibility index (Phi) is 4.89. The maximum Gasteiger partial charge on any atom is 0.0972 e. The van der Waals surface area contributed by atoms with Crippen molar-refractivity contribution < 1.29 is 15.3 Å². The highest BCUT2D eigenvalue weighted by Crippen LogP contribution is 2.05. The van der Waals surface area contributed by atoms with Gasteiger partial charge in [-0.3, -0.25) is 0 Å². The first-order chi connectivity index (χ1) is 7.57. The highest BCUT2D eigenvalue weighted by Gasteiger charge is 2.17. The number of aliphatic hydroxyl groups is 3. The Hall–Kier alpha value is -0.940. The van der Waals surface area contributed by atoms with Gasteiger partial charge in [0.25, 0.3) is 0 Å². The second kappa shape index (κ2) is 5.96. The zero-order valence-electron chi connectivity index (χ0n) is 9.48. The van der Waals surface area contributed by atoms with Crippen LogP contribution in [-0.4, -0.2) is 34.1 Å². The number of rotatable bonds is 6. The second-order valence-electron chi connectivity index (χ2n) is 4.23. The van der Waals surface area contributed by atoms with Crippen LogP contribution in [0.2, 0.25) is 0 Å². The van der Waals surface area contributed by atoms with Crippen LogP contribution < -0.4 is 5.32 Å². The molecule has 4 heteroatoms. The van der Waals surface area contributed by atoms with E-state index >= 15 is 0 Å². The number of hydrogen-bond acceptors (Lipinski definition) is 4. The molecule has 0 saturated carbocycles. The number of benzene rings is 1. The molecule has 0 spiro atoms. The largest absolute Gasteiger partial charge is 0.393 e. The van der Waals surface area contributed by atoms with Crippen LogP contribution in [0.15, 0.2) is 24.3 Å². The van der Waals surface area contributed by atoms with Crippen LogP contribution in [0, 0.1) is 0 Å². The fourth-order valence-electron chi connectivity index (χ4n) is 1.29. The van der Waals surface area contributed by atoms with Crippen LogP contribution in [-0.2, 0) is 13.2 Å². The van der Waals surface area contributed by atoms with Crippen LogP contribution in [0.25, 0.3) is 0 Å². The zero-order valence-corrected chi connectivity index (χ0v) is 9.48. The third-order valence-electron chi connectivity index (χ3n) is 2.38. The van der Waals surface area contributed by atoms with E-state index in [9.17, 15) is 5.11 Å². The highest BCUT2D eigenvalue weighted by molar-refractivity contribution is 5.21. The molecule has 90 valence electrons. The Morgan fingerprint density at radius 3 is 2.19 bits per heavy atom. The van der Waals surface area contributed by atoms with E-state index in [0.29, 0.717) is 13.1 Å². The monoisotopic (exact) mass is 225 g/mol. The van der Waals surface area contributed by atoms with E-state index in [1.165, 1.54) is 0 Å². The van der Waals surface area contributed by atoms with Gasteiger partial charge in [-0.25, -0.2) is 0 Å². The first-order valence-corrected chi connectivity index (χ1v) is 5.30. The first-order valence-electron chi connectivity index (χ1n) is 5.30. The van der Waals surface area contributed by atoms with E-state index in [4.69, 9.17) is 10.2 Å². The van der Waals surface area contributed by atoms with Gasteiger partial charge in [0.1, 0.15) is 0 Å². The molecular weight excluding hydrogens is 206 g/mol. The second-order valence-corrected chi connectivity index (χ2v) is 4.23. The fraction of sp³-hybridized carbons (Fsp3) is 0.500. The van der Waals surface area contributed by atoms with Crippen molar-refractivity contribution in [2.45, 2.75) is 25.7 Å². The average molecular weight is 225 g/mol. The van der Waals surface area contributed by atoms with Gasteiger partial charge in [-0.1, -0.05) is 24.3 Å². The molecule has 0 saturated heterocycles. The molecule has 0 bridgehead atoms. The lowest BCUT2D eigenvalue weighted by Crippen LogP contribution is -2.40. The maximum absolute atomic E-state index is 9.54. The molecule has 4 N–H and O–H groups in total. The summed E-state index contributed by atoms with van der Waals surface area (Å²) in [6.45, 7) is 2.33. The van der Waals surface area contributed by atoms with Gasteiger partial charge in [-0.15, -0.1) is 0 Å². The minimum atomic E-state index is -1.08. The molecule has 1 unspecified atom stereocenters. The van der Waals surface area contributed by atoms with E-state index in [2.05, 4.69) is 5.32 Å². The summed E-state index contributed by atoms with van der Waals surface area (Å²) in [4.78, 5) is 0. The molecule has 0 aliphatic heterocycles. The summed E-state index contributed by atoms with van der Waals surface area (Å²) in [5, 5.41) is 30.3. The summed E-state index contributed by atoms with van der Waals surface area (Å²) in [5.41, 5.74) is 0.877. The molecule has 0 aromatic heterocycles. The number of nitrogens with one attached hydrogen (secondary N) is 1. The fourth-order valence-corrected chi connectivity index (χ4v) is 1.29. The van der Waals surface area contributed by atoms with Crippen LogP contribution in [0.3, 0.4) is 0 Å². The van der Waals surface area contributed by atoms with Crippen molar-refractivity contribution in [2.24, 2.45) is 0 Å². The van der Waals surface area contributed by atoms with E-state index < -0.39 is 5.60 Å². The minimum Gasteiger partial charge on any atom is -0.393 e. The van der Waals surface area contributed by atoms with Gasteiger partial charge in [0, 0.05) is 13.1 Å². The lowest BCUT2D eigenvalue weighted by molar-refractivity contribution is 0.00254. The Bertz CT molecular complexity index is 309. The normalized spacial score (nSPS) is 14.8. The van der Waals surface area contributed by atoms with Gasteiger partial charge in [-0.05, 0) is 18.1 Å². The minimum absolute atomic E-state index is 0.0485. The lowest BCUT2D eigenvalue weighted by Gasteiger charge is -2.20. The molecule has 1 atom stereocenters. The van der Waals surface area contributed by atoms with E-state index in [0.717, 1.165) is 11.1 Å². The summed E-state index contributed by atoms with van der Waals surface area (Å²) >= 11 is 0. The maximum atomic E-state index is 9.54. The summed E-state index contributed by atoms with van der Waals surface area (Å²) < 4.78 is 0. The topological polar surface area (TPSA) is 72.7 Å². The lowest BCUT2D eigenvalue weighted by atomic mass is 10.1. The molecule has 0 aliphatic rings. The Morgan fingerprint density at radius 1 is 1.12 bits per heavy atom. The molecular formula is C12H19NO3. The van der Waals surface area contributed by atoms with Crippen molar-refractivity contribution in [3.63, 3.8) is 0 Å². The van der Waals surface area contributed by atoms with Crippen LogP contribution in [0.1, 0.15) is 18.1 Å². The average Bonchev–Trinajstić information content (AvgIpc) is 2.30. The smallest absolute Gasteiger partial charge is 0.0972 e. The van der Waals surface area contributed by atoms with Crippen molar-refractivity contribution in [2.75, 3.05) is 13.2 Å². The quantitative estimate of drug-likeness (QED) is 0.550. The molecule has 1 aromatic carbocycles. The molecule has 0 aliphatic carbocycles. The van der Waals surface area contributed by atoms with Crippen LogP contribution >= 0.6 is 0 Å². The van der Waals surface area contributed by atoms with Crippen molar-refractivity contribution in [1.82, 2.24) is 5.32 Å². The third kappa shape index (κ3) is 4.28. The van der Waals surface area contributed by atoms with Gasteiger partial charge >= 0.3 is 0 Å². The SMILES string of the molecule is CC(O)(CO)CNCc1ccc(CO)cc1. The van der Waals surface area contributed by atoms with Crippen molar-refractivity contribution in [1.29, 1.82) is 0 Å². The molecule has 0 amide bonds. The van der Waals surface area contributed by atoms with Gasteiger partial charge in [-0.2, -0.15) is 0 Å². The summed E-state index contributed by atoms with van der Waals surface area (Å²) in [6.07, 6.45) is 0. The molecule has 1 aromatic rings. The van der Waals surface area contributed by atoms with Crippen molar-refractivity contribution in [3.05, 3.63) is 35.4 Å². The summed E-state index contributed by atoms with van der Waals surface area (Å²) in [5.74, 6) is 0. The predicted molar refractivity (Wildman–Crippen MR) is 61.8 cm³/mol. The molecule has 0 heterocycles. The van der Waals surface area contributed by atoms with Gasteiger partial charge in [0.15, 0.2) is 0 Å². The van der Waals surface area contributed by atoms with E-state index in [1.54, 1.807) is 6.92 Å². The standard InChI is InChI=1S/C12H19NO3/c1-12(16,9-15)8-13-6-10-2-4-11(7-14)5-3-10/h2-5,13-16H,6-9H2,1H3. The Labute approximate surface area is 95.6 Å². The first kappa shape index (κ1) is 13.1. The van der Waals surface area contributed by atoms with Crippen LogP contribution in [0.4, 0.5) is 0 Å². The zero-order chi connectivity index (χ0) is 12.0. The van der Waals surface area contributed by atoms with Gasteiger partial charge in [0.05, 0.1) is 18.8 Å². The number of aliphatic hydroxyl groups excluding tert-OH is 2. The Balaban J connectivity index is 2.37. The highest BCUT2D eigenvalue weighted by atomic mass is 16.3. The Morgan fingerprint density at radius 2 is 1.69 bits per heavy atom. The molecule has 4 nitrogen and oxygen atoms in total. The van der Waals surface area contributed by atoms with E-state index in [1.807, 2.05) is 24.3 Å². The van der Waals surface area contributed by atoms with Gasteiger partial charge < -0.3 is 20.6 Å². The number of hydrogen-bond donors (Lipinski definition) is 4. The molecule has 1 rings (SSSR count). The molecule has 0 radical (unpaired) electrons. The molecule has 0 fully saturated rings.